The molecule has 4 aliphatic heterocycles. The lowest BCUT2D eigenvalue weighted by Gasteiger charge is -2.43. The number of ether oxygens (including phenoxy) is 16. The maximum absolute atomic E-state index is 15.2. The van der Waals surface area contributed by atoms with Gasteiger partial charge in [0.05, 0.1) is 85.4 Å². The number of benzene rings is 4. The number of imide groups is 1. The maximum Gasteiger partial charge on any atom is 0.444 e. The number of aryl methyl sites for hydroxylation is 1. The Morgan fingerprint density at radius 2 is 0.925 bits per heavy atom. The summed E-state index contributed by atoms with van der Waals surface area (Å²) < 4.78 is 101. The lowest BCUT2D eigenvalue weighted by molar-refractivity contribution is -0.263. The van der Waals surface area contributed by atoms with E-state index in [9.17, 15) is 52.7 Å². The summed E-state index contributed by atoms with van der Waals surface area (Å²) in [5.41, 5.74) is 1.03. The average Bonchev–Trinajstić information content (AvgIpc) is 1.30. The summed E-state index contributed by atoms with van der Waals surface area (Å²) in [6.07, 6.45) is -9.67. The van der Waals surface area contributed by atoms with Crippen molar-refractivity contribution >= 4 is 91.3 Å². The molecule has 0 spiro atoms. The van der Waals surface area contributed by atoms with Crippen LogP contribution in [-0.4, -0.2) is 228 Å². The number of nitrogens with one attached hydrogen (secondary N) is 2. The number of hydrogen-bond donors (Lipinski definition) is 2. The standard InChI is InChI=1S/C97H135N5O30Si/c1-26-68-42-55(2)50-100(68)88(110)71-47-81(116-23)82(49-75(71)99-92(112)120-53-66-34-36-78(72(45-66)76(107)32-30-38-115-22)129-89-85(127-64(11)105)83(125-62(9)103)58(5)60(7)123-89)118-40-29-27-28-39-117-80-48-74(70(44-57(80)4)87(109)101-51-56(3)43-69(101)54-122-133(24,25)97(19,20)21)98-91(111)119-52-67-35-37-79(130-90-86(128-65(12)106)84(126-63(10)104)59(6)61(8)124-90)73(46-67)77(108)33-31-41-121-102(93(113)131-95(13,14)15)94(114)132-96(16,17)18/h34-37,44-49,58-61,68-69,83-86,89-90H,2-3,26-33,38-43,50-54H2,1,4-25H3,(H,98,111)(H,99,112)/t58-,59-,60-,61-,68-,69+,83+,84+,85-,86-,89+,90+/m1/s1. The first-order valence-corrected chi connectivity index (χ1v) is 47.9. The predicted octanol–water partition coefficient (Wildman–Crippen LogP) is 17.0. The van der Waals surface area contributed by atoms with Gasteiger partial charge in [0.25, 0.3) is 11.8 Å². The highest BCUT2D eigenvalue weighted by Crippen LogP contribution is 2.42. The van der Waals surface area contributed by atoms with E-state index >= 15 is 4.79 Å². The van der Waals surface area contributed by atoms with E-state index in [0.717, 1.165) is 18.1 Å². The molecule has 6 amide bonds. The topological polar surface area (TPSA) is 405 Å². The van der Waals surface area contributed by atoms with Crippen LogP contribution < -0.4 is 34.3 Å². The van der Waals surface area contributed by atoms with E-state index in [1.165, 1.54) is 77.5 Å². The van der Waals surface area contributed by atoms with Gasteiger partial charge in [0.2, 0.25) is 24.8 Å². The second-order valence-corrected chi connectivity index (χ2v) is 42.2. The van der Waals surface area contributed by atoms with Crippen molar-refractivity contribution in [1.29, 1.82) is 0 Å². The normalized spacial score (nSPS) is 20.9. The van der Waals surface area contributed by atoms with Gasteiger partial charge in [-0.1, -0.05) is 83.0 Å². The molecule has 2 N–H and O–H groups in total. The molecule has 4 aromatic rings. The van der Waals surface area contributed by atoms with Gasteiger partial charge < -0.3 is 90.0 Å². The summed E-state index contributed by atoms with van der Waals surface area (Å²) in [5.74, 6) is -4.74. The van der Waals surface area contributed by atoms with E-state index < -0.39 is 159 Å². The van der Waals surface area contributed by atoms with E-state index in [2.05, 4.69) is 57.7 Å². The number of amides is 6. The van der Waals surface area contributed by atoms with Gasteiger partial charge >= 0.3 is 48.3 Å². The van der Waals surface area contributed by atoms with Crippen LogP contribution in [0.2, 0.25) is 18.1 Å². The minimum atomic E-state index is -2.32. The highest BCUT2D eigenvalue weighted by Gasteiger charge is 2.51. The molecule has 36 heteroatoms. The number of hydrogen-bond acceptors (Lipinski definition) is 30. The third-order valence-electron chi connectivity index (χ3n) is 23.2. The van der Waals surface area contributed by atoms with Crippen LogP contribution in [0.3, 0.4) is 0 Å². The zero-order valence-corrected chi connectivity index (χ0v) is 82.1. The van der Waals surface area contributed by atoms with Crippen LogP contribution in [0.5, 0.6) is 28.7 Å². The van der Waals surface area contributed by atoms with Gasteiger partial charge in [0, 0.05) is 97.4 Å². The van der Waals surface area contributed by atoms with Crippen molar-refractivity contribution < 1.29 is 143 Å². The van der Waals surface area contributed by atoms with E-state index in [-0.39, 0.29) is 151 Å². The Hall–Kier alpha value is -11.2. The molecule has 4 aromatic carbocycles. The summed E-state index contributed by atoms with van der Waals surface area (Å²) in [6, 6.07) is 14.5. The molecule has 4 saturated heterocycles. The molecule has 4 fully saturated rings. The number of carbonyl (C=O) groups is 12. The van der Waals surface area contributed by atoms with Crippen molar-refractivity contribution in [2.75, 3.05) is 71.0 Å². The smallest absolute Gasteiger partial charge is 0.444 e. The second-order valence-electron chi connectivity index (χ2n) is 37.4. The Morgan fingerprint density at radius 1 is 0.504 bits per heavy atom. The molecule has 4 heterocycles. The van der Waals surface area contributed by atoms with Crippen molar-refractivity contribution in [3.63, 3.8) is 0 Å². The van der Waals surface area contributed by atoms with Crippen molar-refractivity contribution in [3.8, 4) is 28.7 Å². The van der Waals surface area contributed by atoms with Crippen LogP contribution in [0, 0.1) is 18.8 Å². The SMILES string of the molecule is C=C1C[C@@H](CC)N(C(=O)c2cc(OC)c(OCCCCCOc3cc(NC(=O)OCc4ccc(O[C@@H]5O[C@H](C)[C@@H](C)[C@H](OC(C)=O)[C@H]5OC(C)=O)c(C(=O)CCCON(C(=O)OC(C)(C)C)C(=O)OC(C)(C)C)c4)c(C(=O)N4CC(=C)C[C@H]4CO[Si](C)(C)C(C)(C)C)cc3C)cc2NC(=O)OCc2ccc(O[C@@H]3O[C@H](C)[C@@H](C)[C@H](OC(C)=O)[C@H]3OC(C)=O)c(C(=O)CCCOC)c2)C1. The lowest BCUT2D eigenvalue weighted by Crippen LogP contribution is -2.57. The molecular formula is C97H135N5O30Si. The van der Waals surface area contributed by atoms with E-state index in [4.69, 9.17) is 85.1 Å². The number of likely N-dealkylation sites (tertiary alicyclic amines) is 2. The van der Waals surface area contributed by atoms with Crippen LogP contribution >= 0.6 is 0 Å². The number of ketones is 2. The number of carbonyl (C=O) groups excluding carboxylic acids is 12. The third-order valence-corrected chi connectivity index (χ3v) is 27.7. The summed E-state index contributed by atoms with van der Waals surface area (Å²) in [4.78, 5) is 173. The van der Waals surface area contributed by atoms with Crippen LogP contribution in [0.4, 0.5) is 30.6 Å². The van der Waals surface area contributed by atoms with Crippen LogP contribution in [0.15, 0.2) is 85.0 Å². The highest BCUT2D eigenvalue weighted by molar-refractivity contribution is 6.74. The van der Waals surface area contributed by atoms with Gasteiger partial charge in [0.1, 0.15) is 53.9 Å². The second kappa shape index (κ2) is 47.6. The number of anilines is 2. The Balaban J connectivity index is 1.01. The molecule has 0 unspecified atom stereocenters. The summed E-state index contributed by atoms with van der Waals surface area (Å²) in [7, 11) is 0.616. The molecule has 133 heavy (non-hydrogen) atoms. The molecule has 35 nitrogen and oxygen atoms in total. The average molecular weight is 1880 g/mol. The van der Waals surface area contributed by atoms with E-state index in [1.807, 2.05) is 6.92 Å². The number of esters is 4. The third kappa shape index (κ3) is 30.7. The van der Waals surface area contributed by atoms with Gasteiger partial charge in [-0.3, -0.25) is 53.8 Å². The molecule has 12 atom stereocenters. The molecule has 0 bridgehead atoms. The lowest BCUT2D eigenvalue weighted by atomic mass is 9.91. The number of rotatable bonds is 40. The van der Waals surface area contributed by atoms with E-state index in [0.29, 0.717) is 66.9 Å². The fourth-order valence-electron chi connectivity index (χ4n) is 15.0. The quantitative estimate of drug-likeness (QED) is 0.00794. The highest BCUT2D eigenvalue weighted by atomic mass is 28.4. The fraction of sp³-hybridized carbons (Fsp3) is 0.588. The number of unbranched alkanes of at least 4 members (excludes halogenated alkanes) is 2. The van der Waals surface area contributed by atoms with Crippen LogP contribution in [0.25, 0.3) is 0 Å². The molecule has 0 aliphatic carbocycles. The molecule has 0 saturated carbocycles. The summed E-state index contributed by atoms with van der Waals surface area (Å²) in [5, 5.41) is 5.76. The Morgan fingerprint density at radius 3 is 1.35 bits per heavy atom. The number of nitrogens with zero attached hydrogens (tertiary/aromatic N) is 3. The summed E-state index contributed by atoms with van der Waals surface area (Å²) >= 11 is 0. The summed E-state index contributed by atoms with van der Waals surface area (Å²) in [6.45, 7) is 44.2. The van der Waals surface area contributed by atoms with Crippen LogP contribution in [-0.2, 0) is 93.8 Å². The Bertz CT molecular complexity index is 4830. The fourth-order valence-corrected chi connectivity index (χ4v) is 16.1. The molecule has 8 rings (SSSR count). The monoisotopic (exact) mass is 1880 g/mol. The minimum Gasteiger partial charge on any atom is -0.493 e. The number of hydroxylamine groups is 2. The van der Waals surface area contributed by atoms with Crippen LogP contribution in [0.1, 0.15) is 247 Å². The Labute approximate surface area is 780 Å². The van der Waals surface area contributed by atoms with Crippen molar-refractivity contribution in [1.82, 2.24) is 14.9 Å². The zero-order chi connectivity index (χ0) is 98.5. The zero-order valence-electron chi connectivity index (χ0n) is 81.1. The number of Topliss-reactive ketones (excluding diaryl/α,β-unsaturated/α-hetero) is 2. The first-order valence-electron chi connectivity index (χ1n) is 45.0. The predicted molar refractivity (Wildman–Crippen MR) is 490 cm³/mol. The molecule has 4 aliphatic rings. The van der Waals surface area contributed by atoms with Gasteiger partial charge in [-0.25, -0.2) is 19.2 Å². The maximum atomic E-state index is 15.2. The first-order chi connectivity index (χ1) is 62.4. The molecule has 0 radical (unpaired) electrons. The van der Waals surface area contributed by atoms with Gasteiger partial charge in [0.15, 0.2) is 31.4 Å². The Kier molecular flexibility index (Phi) is 38.4. The minimum absolute atomic E-state index is 0.0303. The van der Waals surface area contributed by atoms with Crippen molar-refractivity contribution in [2.45, 2.75) is 300 Å². The largest absolute Gasteiger partial charge is 0.493 e. The first kappa shape index (κ1) is 107. The van der Waals surface area contributed by atoms with Gasteiger partial charge in [-0.2, -0.15) is 0 Å². The van der Waals surface area contributed by atoms with E-state index in [1.54, 1.807) is 104 Å². The van der Waals surface area contributed by atoms with Crippen molar-refractivity contribution in [2.24, 2.45) is 11.8 Å². The van der Waals surface area contributed by atoms with Gasteiger partial charge in [-0.15, -0.1) is 0 Å². The van der Waals surface area contributed by atoms with Gasteiger partial charge in [-0.05, 0) is 185 Å². The number of methoxy groups -OCH3 is 2. The molecule has 0 aromatic heterocycles. The van der Waals surface area contributed by atoms with Crippen molar-refractivity contribution in [3.05, 3.63) is 124 Å². The molecular weight excluding hydrogens is 1740 g/mol. The molecule has 732 valence electrons.